The molecule has 0 aliphatic carbocycles. The molecule has 5 nitrogen and oxygen atoms in total. The van der Waals surface area contributed by atoms with Crippen LogP contribution in [0.4, 0.5) is 15.8 Å². The molecule has 0 aliphatic rings. The third-order valence-corrected chi connectivity index (χ3v) is 4.28. The summed E-state index contributed by atoms with van der Waals surface area (Å²) in [6.07, 6.45) is 0. The molecule has 0 saturated heterocycles. The second-order valence-corrected chi connectivity index (χ2v) is 6.48. The zero-order valence-corrected chi connectivity index (χ0v) is 16.3. The van der Waals surface area contributed by atoms with E-state index in [1.54, 1.807) is 48.5 Å². The normalized spacial score (nSPS) is 10.3. The van der Waals surface area contributed by atoms with Crippen LogP contribution in [0.3, 0.4) is 0 Å². The van der Waals surface area contributed by atoms with Crippen molar-refractivity contribution in [3.8, 4) is 5.75 Å². The lowest BCUT2D eigenvalue weighted by Crippen LogP contribution is -2.14. The zero-order chi connectivity index (χ0) is 20.8. The summed E-state index contributed by atoms with van der Waals surface area (Å²) >= 11 is 5.73. The number of halogens is 2. The predicted molar refractivity (Wildman–Crippen MR) is 111 cm³/mol. The van der Waals surface area contributed by atoms with Crippen LogP contribution in [0.25, 0.3) is 0 Å². The average molecular weight is 413 g/mol. The van der Waals surface area contributed by atoms with E-state index >= 15 is 0 Å². The van der Waals surface area contributed by atoms with E-state index < -0.39 is 11.7 Å². The second kappa shape index (κ2) is 9.21. The zero-order valence-electron chi connectivity index (χ0n) is 15.5. The molecule has 0 saturated carbocycles. The Morgan fingerprint density at radius 3 is 2.21 bits per heavy atom. The van der Waals surface area contributed by atoms with Crippen LogP contribution >= 0.6 is 11.6 Å². The van der Waals surface area contributed by atoms with Gasteiger partial charge in [-0.2, -0.15) is 0 Å². The van der Waals surface area contributed by atoms with Crippen molar-refractivity contribution in [3.05, 3.63) is 88.7 Å². The fourth-order valence-corrected chi connectivity index (χ4v) is 2.77. The molecular weight excluding hydrogens is 395 g/mol. The third-order valence-electron chi connectivity index (χ3n) is 3.99. The number of rotatable bonds is 6. The number of hydrogen-bond acceptors (Lipinski definition) is 3. The maximum absolute atomic E-state index is 13.2. The fourth-order valence-electron chi connectivity index (χ4n) is 2.59. The largest absolute Gasteiger partial charge is 0.494 e. The molecular formula is C22H18ClFN2O3. The molecule has 0 heterocycles. The van der Waals surface area contributed by atoms with Gasteiger partial charge in [0.25, 0.3) is 11.8 Å². The minimum absolute atomic E-state index is 0.0841. The maximum atomic E-state index is 13.2. The van der Waals surface area contributed by atoms with Gasteiger partial charge in [0.15, 0.2) is 0 Å². The SMILES string of the molecule is CCOc1ccc(C(=O)Nc2cccc(C(=O)Nc3ccc(F)c(Cl)c3)c2)cc1. The lowest BCUT2D eigenvalue weighted by molar-refractivity contribution is 0.101. The van der Waals surface area contributed by atoms with Crippen LogP contribution in [-0.2, 0) is 0 Å². The Labute approximate surface area is 172 Å². The van der Waals surface area contributed by atoms with Gasteiger partial charge in [-0.1, -0.05) is 17.7 Å². The van der Waals surface area contributed by atoms with Gasteiger partial charge in [0, 0.05) is 22.5 Å². The molecule has 0 bridgehead atoms. The van der Waals surface area contributed by atoms with Crippen molar-refractivity contribution in [2.75, 3.05) is 17.2 Å². The van der Waals surface area contributed by atoms with Gasteiger partial charge in [0.05, 0.1) is 11.6 Å². The van der Waals surface area contributed by atoms with Crippen LogP contribution in [0.1, 0.15) is 27.6 Å². The summed E-state index contributed by atoms with van der Waals surface area (Å²) in [5.74, 6) is -0.604. The fraction of sp³-hybridized carbons (Fsp3) is 0.0909. The molecule has 0 fully saturated rings. The van der Waals surface area contributed by atoms with Crippen LogP contribution in [0.2, 0.25) is 5.02 Å². The molecule has 7 heteroatoms. The summed E-state index contributed by atoms with van der Waals surface area (Å²) in [6.45, 7) is 2.43. The number of carbonyl (C=O) groups is 2. The van der Waals surface area contributed by atoms with Gasteiger partial charge in [-0.05, 0) is 67.6 Å². The highest BCUT2D eigenvalue weighted by atomic mass is 35.5. The van der Waals surface area contributed by atoms with Crippen LogP contribution in [0.15, 0.2) is 66.7 Å². The van der Waals surface area contributed by atoms with Gasteiger partial charge in [-0.25, -0.2) is 4.39 Å². The molecule has 29 heavy (non-hydrogen) atoms. The summed E-state index contributed by atoms with van der Waals surface area (Å²) in [4.78, 5) is 24.9. The Hall–Kier alpha value is -3.38. The predicted octanol–water partition coefficient (Wildman–Crippen LogP) is 5.38. The molecule has 0 aromatic heterocycles. The van der Waals surface area contributed by atoms with Gasteiger partial charge in [-0.15, -0.1) is 0 Å². The number of anilines is 2. The van der Waals surface area contributed by atoms with E-state index in [9.17, 15) is 14.0 Å². The van der Waals surface area contributed by atoms with Gasteiger partial charge < -0.3 is 15.4 Å². The van der Waals surface area contributed by atoms with Gasteiger partial charge in [0.1, 0.15) is 11.6 Å². The lowest BCUT2D eigenvalue weighted by Gasteiger charge is -2.09. The molecule has 2 N–H and O–H groups in total. The molecule has 3 aromatic rings. The summed E-state index contributed by atoms with van der Waals surface area (Å²) in [5, 5.41) is 5.31. The third kappa shape index (κ3) is 5.33. The van der Waals surface area contributed by atoms with E-state index in [-0.39, 0.29) is 10.9 Å². The summed E-state index contributed by atoms with van der Waals surface area (Å²) < 4.78 is 18.6. The summed E-state index contributed by atoms with van der Waals surface area (Å²) in [7, 11) is 0. The number of nitrogens with one attached hydrogen (secondary N) is 2. The van der Waals surface area contributed by atoms with Crippen LogP contribution in [-0.4, -0.2) is 18.4 Å². The number of benzene rings is 3. The lowest BCUT2D eigenvalue weighted by atomic mass is 10.1. The second-order valence-electron chi connectivity index (χ2n) is 6.08. The van der Waals surface area contributed by atoms with Crippen molar-refractivity contribution in [2.24, 2.45) is 0 Å². The first-order valence-electron chi connectivity index (χ1n) is 8.87. The minimum Gasteiger partial charge on any atom is -0.494 e. The minimum atomic E-state index is -0.566. The summed E-state index contributed by atoms with van der Waals surface area (Å²) in [6, 6.07) is 17.2. The maximum Gasteiger partial charge on any atom is 0.255 e. The molecule has 2 amide bonds. The van der Waals surface area contributed by atoms with Crippen LogP contribution in [0, 0.1) is 5.82 Å². The number of amides is 2. The van der Waals surface area contributed by atoms with Gasteiger partial charge >= 0.3 is 0 Å². The highest BCUT2D eigenvalue weighted by molar-refractivity contribution is 6.31. The van der Waals surface area contributed by atoms with Crippen LogP contribution < -0.4 is 15.4 Å². The van der Waals surface area contributed by atoms with E-state index in [0.29, 0.717) is 34.9 Å². The smallest absolute Gasteiger partial charge is 0.255 e. The van der Waals surface area contributed by atoms with E-state index in [2.05, 4.69) is 10.6 Å². The quantitative estimate of drug-likeness (QED) is 0.571. The number of carbonyl (C=O) groups excluding carboxylic acids is 2. The molecule has 0 spiro atoms. The topological polar surface area (TPSA) is 67.4 Å². The Morgan fingerprint density at radius 2 is 1.55 bits per heavy atom. The van der Waals surface area contributed by atoms with Crippen LogP contribution in [0.5, 0.6) is 5.75 Å². The molecule has 3 rings (SSSR count). The van der Waals surface area contributed by atoms with Gasteiger partial charge in [0.2, 0.25) is 0 Å². The first-order valence-corrected chi connectivity index (χ1v) is 9.24. The van der Waals surface area contributed by atoms with Crippen molar-refractivity contribution < 1.29 is 18.7 Å². The molecule has 3 aromatic carbocycles. The molecule has 0 atom stereocenters. The molecule has 0 aliphatic heterocycles. The van der Waals surface area contributed by atoms with E-state index in [1.807, 2.05) is 6.92 Å². The van der Waals surface area contributed by atoms with E-state index in [0.717, 1.165) is 0 Å². The molecule has 0 unspecified atom stereocenters. The first kappa shape index (κ1) is 20.4. The average Bonchev–Trinajstić information content (AvgIpc) is 2.72. The van der Waals surface area contributed by atoms with E-state index in [1.165, 1.54) is 18.2 Å². The van der Waals surface area contributed by atoms with Crippen molar-refractivity contribution in [3.63, 3.8) is 0 Å². The highest BCUT2D eigenvalue weighted by Gasteiger charge is 2.11. The van der Waals surface area contributed by atoms with Crippen molar-refractivity contribution in [1.29, 1.82) is 0 Å². The number of hydrogen-bond donors (Lipinski definition) is 2. The van der Waals surface area contributed by atoms with Crippen molar-refractivity contribution in [2.45, 2.75) is 6.92 Å². The molecule has 0 radical (unpaired) electrons. The van der Waals surface area contributed by atoms with E-state index in [4.69, 9.17) is 16.3 Å². The first-order chi connectivity index (χ1) is 14.0. The Kier molecular flexibility index (Phi) is 6.46. The summed E-state index contributed by atoms with van der Waals surface area (Å²) in [5.41, 5.74) is 1.62. The monoisotopic (exact) mass is 412 g/mol. The number of ether oxygens (including phenoxy) is 1. The Morgan fingerprint density at radius 1 is 0.897 bits per heavy atom. The van der Waals surface area contributed by atoms with Crippen molar-refractivity contribution >= 4 is 34.8 Å². The Balaban J connectivity index is 1.69. The van der Waals surface area contributed by atoms with Crippen molar-refractivity contribution in [1.82, 2.24) is 0 Å². The highest BCUT2D eigenvalue weighted by Crippen LogP contribution is 2.21. The standard InChI is InChI=1S/C22H18ClFN2O3/c1-2-29-18-9-6-14(7-10-18)21(27)25-16-5-3-4-15(12-16)22(28)26-17-8-11-20(24)19(23)13-17/h3-13H,2H2,1H3,(H,25,27)(H,26,28). The Bertz CT molecular complexity index is 1040. The van der Waals surface area contributed by atoms with Gasteiger partial charge in [-0.3, -0.25) is 9.59 Å². The molecule has 148 valence electrons.